The minimum absolute atomic E-state index is 0.287. The topological polar surface area (TPSA) is 83.1 Å². The first-order valence-corrected chi connectivity index (χ1v) is 9.80. The number of carbonyl (C=O) groups excluding carboxylic acids is 2. The van der Waals surface area contributed by atoms with Gasteiger partial charge in [-0.2, -0.15) is 0 Å². The van der Waals surface area contributed by atoms with Crippen molar-refractivity contribution < 1.29 is 28.5 Å². The normalized spacial score (nSPS) is 10.4. The van der Waals surface area contributed by atoms with Crippen LogP contribution in [0.25, 0.3) is 0 Å². The number of rotatable bonds is 11. The molecule has 2 rings (SSSR count). The highest BCUT2D eigenvalue weighted by molar-refractivity contribution is 5.92. The second kappa shape index (κ2) is 11.7. The van der Waals surface area contributed by atoms with Gasteiger partial charge >= 0.3 is 5.97 Å². The SMILES string of the molecule is COc1ccc(CCNC(=O)COC(=O)c2ccc(OCC(C)C)c(OC)c2)cc1. The molecule has 1 amide bonds. The molecule has 0 spiro atoms. The monoisotopic (exact) mass is 415 g/mol. The van der Waals surface area contributed by atoms with Crippen LogP contribution in [0, 0.1) is 5.92 Å². The molecule has 0 aliphatic heterocycles. The van der Waals surface area contributed by atoms with E-state index in [2.05, 4.69) is 5.32 Å². The van der Waals surface area contributed by atoms with Gasteiger partial charge in [0.25, 0.3) is 5.91 Å². The fraction of sp³-hybridized carbons (Fsp3) is 0.391. The van der Waals surface area contributed by atoms with Crippen molar-refractivity contribution in [3.8, 4) is 17.2 Å². The molecule has 0 saturated heterocycles. The van der Waals surface area contributed by atoms with Crippen LogP contribution in [0.15, 0.2) is 42.5 Å². The van der Waals surface area contributed by atoms with Crippen LogP contribution in [-0.2, 0) is 16.0 Å². The highest BCUT2D eigenvalue weighted by atomic mass is 16.5. The van der Waals surface area contributed by atoms with Crippen molar-refractivity contribution in [2.45, 2.75) is 20.3 Å². The minimum Gasteiger partial charge on any atom is -0.497 e. The Morgan fingerprint density at radius 2 is 1.70 bits per heavy atom. The molecule has 0 aromatic heterocycles. The first-order valence-electron chi connectivity index (χ1n) is 9.80. The Hall–Kier alpha value is -3.22. The molecule has 7 heteroatoms. The molecule has 0 aliphatic rings. The zero-order valence-corrected chi connectivity index (χ0v) is 17.9. The van der Waals surface area contributed by atoms with E-state index < -0.39 is 5.97 Å². The second-order valence-corrected chi connectivity index (χ2v) is 7.09. The maximum absolute atomic E-state index is 12.2. The van der Waals surface area contributed by atoms with Crippen LogP contribution in [0.5, 0.6) is 17.2 Å². The Morgan fingerprint density at radius 1 is 0.967 bits per heavy atom. The van der Waals surface area contributed by atoms with E-state index in [-0.39, 0.29) is 18.1 Å². The van der Waals surface area contributed by atoms with Crippen LogP contribution in [0.2, 0.25) is 0 Å². The summed E-state index contributed by atoms with van der Waals surface area (Å²) in [6, 6.07) is 12.4. The van der Waals surface area contributed by atoms with Crippen molar-refractivity contribution in [3.05, 3.63) is 53.6 Å². The summed E-state index contributed by atoms with van der Waals surface area (Å²) in [6.45, 7) is 4.71. The highest BCUT2D eigenvalue weighted by Crippen LogP contribution is 2.28. The Balaban J connectivity index is 1.79. The molecule has 7 nitrogen and oxygen atoms in total. The van der Waals surface area contributed by atoms with Crippen LogP contribution in [0.4, 0.5) is 0 Å². The molecular weight excluding hydrogens is 386 g/mol. The van der Waals surface area contributed by atoms with Gasteiger partial charge in [-0.05, 0) is 48.2 Å². The lowest BCUT2D eigenvalue weighted by Crippen LogP contribution is -2.30. The molecule has 30 heavy (non-hydrogen) atoms. The van der Waals surface area contributed by atoms with E-state index >= 15 is 0 Å². The van der Waals surface area contributed by atoms with Gasteiger partial charge in [-0.25, -0.2) is 4.79 Å². The standard InChI is InChI=1S/C23H29NO6/c1-16(2)14-29-20-10-7-18(13-21(20)28-4)23(26)30-15-22(25)24-12-11-17-5-8-19(27-3)9-6-17/h5-10,13,16H,11-12,14-15H2,1-4H3,(H,24,25). The van der Waals surface area contributed by atoms with Gasteiger partial charge in [0.05, 0.1) is 26.4 Å². The van der Waals surface area contributed by atoms with Crippen molar-refractivity contribution in [1.82, 2.24) is 5.32 Å². The van der Waals surface area contributed by atoms with Crippen molar-refractivity contribution in [2.24, 2.45) is 5.92 Å². The van der Waals surface area contributed by atoms with E-state index in [0.717, 1.165) is 11.3 Å². The van der Waals surface area contributed by atoms with E-state index in [1.807, 2.05) is 38.1 Å². The molecule has 2 aromatic carbocycles. The minimum atomic E-state index is -0.603. The third-order valence-corrected chi connectivity index (χ3v) is 4.20. The van der Waals surface area contributed by atoms with E-state index in [0.29, 0.717) is 37.0 Å². The van der Waals surface area contributed by atoms with E-state index in [1.165, 1.54) is 7.11 Å². The lowest BCUT2D eigenvalue weighted by Gasteiger charge is -2.13. The fourth-order valence-electron chi connectivity index (χ4n) is 2.57. The van der Waals surface area contributed by atoms with Crippen LogP contribution in [-0.4, -0.2) is 45.9 Å². The molecule has 0 bridgehead atoms. The van der Waals surface area contributed by atoms with E-state index in [9.17, 15) is 9.59 Å². The third kappa shape index (κ3) is 7.31. The summed E-state index contributed by atoms with van der Waals surface area (Å²) < 4.78 is 21.2. The molecule has 0 radical (unpaired) electrons. The predicted octanol–water partition coefficient (Wildman–Crippen LogP) is 3.25. The number of hydrogen-bond acceptors (Lipinski definition) is 6. The van der Waals surface area contributed by atoms with Gasteiger partial charge < -0.3 is 24.3 Å². The molecule has 1 N–H and O–H groups in total. The molecule has 0 atom stereocenters. The van der Waals surface area contributed by atoms with Gasteiger partial charge in [0.15, 0.2) is 18.1 Å². The summed E-state index contributed by atoms with van der Waals surface area (Å²) in [6.07, 6.45) is 0.665. The van der Waals surface area contributed by atoms with Crippen molar-refractivity contribution in [3.63, 3.8) is 0 Å². The van der Waals surface area contributed by atoms with Gasteiger partial charge in [-0.15, -0.1) is 0 Å². The fourth-order valence-corrected chi connectivity index (χ4v) is 2.57. The average Bonchev–Trinajstić information content (AvgIpc) is 2.76. The molecule has 162 valence electrons. The maximum Gasteiger partial charge on any atom is 0.338 e. The van der Waals surface area contributed by atoms with Gasteiger partial charge in [0, 0.05) is 6.54 Å². The summed E-state index contributed by atoms with van der Waals surface area (Å²) in [4.78, 5) is 24.2. The molecule has 0 fully saturated rings. The maximum atomic E-state index is 12.2. The number of ether oxygens (including phenoxy) is 4. The number of hydrogen-bond donors (Lipinski definition) is 1. The van der Waals surface area contributed by atoms with Crippen molar-refractivity contribution in [1.29, 1.82) is 0 Å². The van der Waals surface area contributed by atoms with Gasteiger partial charge in [0.2, 0.25) is 0 Å². The Bertz CT molecular complexity index is 832. The summed E-state index contributed by atoms with van der Waals surface area (Å²) in [7, 11) is 3.12. The van der Waals surface area contributed by atoms with Crippen LogP contribution in [0.3, 0.4) is 0 Å². The lowest BCUT2D eigenvalue weighted by molar-refractivity contribution is -0.124. The highest BCUT2D eigenvalue weighted by Gasteiger charge is 2.14. The molecular formula is C23H29NO6. The number of carbonyl (C=O) groups is 2. The average molecular weight is 415 g/mol. The number of esters is 1. The number of benzene rings is 2. The molecule has 2 aromatic rings. The summed E-state index contributed by atoms with van der Waals surface area (Å²) >= 11 is 0. The lowest BCUT2D eigenvalue weighted by atomic mass is 10.1. The number of amides is 1. The third-order valence-electron chi connectivity index (χ3n) is 4.20. The smallest absolute Gasteiger partial charge is 0.338 e. The number of methoxy groups -OCH3 is 2. The molecule has 0 heterocycles. The Labute approximate surface area is 177 Å². The van der Waals surface area contributed by atoms with E-state index in [1.54, 1.807) is 25.3 Å². The largest absolute Gasteiger partial charge is 0.497 e. The number of nitrogens with one attached hydrogen (secondary N) is 1. The van der Waals surface area contributed by atoms with Gasteiger partial charge in [0.1, 0.15) is 5.75 Å². The van der Waals surface area contributed by atoms with Crippen LogP contribution < -0.4 is 19.5 Å². The second-order valence-electron chi connectivity index (χ2n) is 7.09. The van der Waals surface area contributed by atoms with Crippen LogP contribution in [0.1, 0.15) is 29.8 Å². The summed E-state index contributed by atoms with van der Waals surface area (Å²) in [5, 5.41) is 2.73. The van der Waals surface area contributed by atoms with Crippen molar-refractivity contribution >= 4 is 11.9 Å². The van der Waals surface area contributed by atoms with Gasteiger partial charge in [-0.1, -0.05) is 26.0 Å². The quantitative estimate of drug-likeness (QED) is 0.567. The van der Waals surface area contributed by atoms with Gasteiger partial charge in [-0.3, -0.25) is 4.79 Å². The van der Waals surface area contributed by atoms with E-state index in [4.69, 9.17) is 18.9 Å². The zero-order chi connectivity index (χ0) is 21.9. The zero-order valence-electron chi connectivity index (χ0n) is 17.9. The Morgan fingerprint density at radius 3 is 2.33 bits per heavy atom. The first kappa shape index (κ1) is 23.1. The molecule has 0 saturated carbocycles. The summed E-state index contributed by atoms with van der Waals surface area (Å²) in [5.74, 6) is 1.18. The first-order chi connectivity index (χ1) is 14.4. The molecule has 0 unspecified atom stereocenters. The predicted molar refractivity (Wildman–Crippen MR) is 113 cm³/mol. The Kier molecular flexibility index (Phi) is 9.00. The summed E-state index contributed by atoms with van der Waals surface area (Å²) in [5.41, 5.74) is 1.36. The van der Waals surface area contributed by atoms with Crippen LogP contribution >= 0.6 is 0 Å². The van der Waals surface area contributed by atoms with Crippen molar-refractivity contribution in [2.75, 3.05) is 34.0 Å². The molecule has 0 aliphatic carbocycles.